The molecule has 2 heterocycles. The van der Waals surface area contributed by atoms with Gasteiger partial charge in [0.05, 0.1) is 25.8 Å². The lowest BCUT2D eigenvalue weighted by Gasteiger charge is -2.26. The van der Waals surface area contributed by atoms with Gasteiger partial charge in [-0.15, -0.1) is 0 Å². The van der Waals surface area contributed by atoms with Crippen LogP contribution in [0.5, 0.6) is 0 Å². The van der Waals surface area contributed by atoms with Gasteiger partial charge in [0.15, 0.2) is 0 Å². The van der Waals surface area contributed by atoms with E-state index in [1.165, 1.54) is 0 Å². The standard InChI is InChI=1S/C11H19F2N3O2/c12-11(13)7-9(15-8-11)10(17)14-1-2-16-3-5-18-6-4-16/h9,15H,1-8H2,(H,14,17). The molecule has 2 N–H and O–H groups in total. The van der Waals surface area contributed by atoms with Gasteiger partial charge in [-0.1, -0.05) is 0 Å². The van der Waals surface area contributed by atoms with Gasteiger partial charge in [-0.3, -0.25) is 15.0 Å². The number of carbonyl (C=O) groups is 1. The van der Waals surface area contributed by atoms with Crippen LogP contribution in [-0.2, 0) is 9.53 Å². The molecule has 0 bridgehead atoms. The molecule has 2 fully saturated rings. The molecule has 0 radical (unpaired) electrons. The lowest BCUT2D eigenvalue weighted by atomic mass is 10.2. The number of ether oxygens (including phenoxy) is 1. The molecule has 1 atom stereocenters. The van der Waals surface area contributed by atoms with E-state index in [1.54, 1.807) is 0 Å². The van der Waals surface area contributed by atoms with Crippen LogP contribution in [0.2, 0.25) is 0 Å². The van der Waals surface area contributed by atoms with E-state index >= 15 is 0 Å². The van der Waals surface area contributed by atoms with E-state index in [4.69, 9.17) is 4.74 Å². The topological polar surface area (TPSA) is 53.6 Å². The van der Waals surface area contributed by atoms with Gasteiger partial charge in [0.2, 0.25) is 5.91 Å². The van der Waals surface area contributed by atoms with Gasteiger partial charge in [-0.25, -0.2) is 8.78 Å². The van der Waals surface area contributed by atoms with Crippen LogP contribution in [0.25, 0.3) is 0 Å². The SMILES string of the molecule is O=C(NCCN1CCOCC1)C1CC(F)(F)CN1. The number of amides is 1. The summed E-state index contributed by atoms with van der Waals surface area (Å²) >= 11 is 0. The highest BCUT2D eigenvalue weighted by atomic mass is 19.3. The summed E-state index contributed by atoms with van der Waals surface area (Å²) in [5.41, 5.74) is 0. The van der Waals surface area contributed by atoms with E-state index < -0.39 is 24.9 Å². The molecule has 7 heteroatoms. The zero-order valence-corrected chi connectivity index (χ0v) is 10.3. The van der Waals surface area contributed by atoms with Gasteiger partial charge < -0.3 is 10.1 Å². The van der Waals surface area contributed by atoms with Crippen molar-refractivity contribution in [2.75, 3.05) is 45.9 Å². The fourth-order valence-electron chi connectivity index (χ4n) is 2.19. The second kappa shape index (κ2) is 5.90. The first-order valence-electron chi connectivity index (χ1n) is 6.26. The maximum absolute atomic E-state index is 12.9. The van der Waals surface area contributed by atoms with E-state index in [1.807, 2.05) is 0 Å². The van der Waals surface area contributed by atoms with E-state index in [0.29, 0.717) is 19.8 Å². The minimum Gasteiger partial charge on any atom is -0.379 e. The lowest BCUT2D eigenvalue weighted by molar-refractivity contribution is -0.123. The molecule has 0 saturated carbocycles. The van der Waals surface area contributed by atoms with E-state index in [-0.39, 0.29) is 5.91 Å². The summed E-state index contributed by atoms with van der Waals surface area (Å²) in [6, 6.07) is -0.760. The largest absolute Gasteiger partial charge is 0.379 e. The van der Waals surface area contributed by atoms with Gasteiger partial charge in [0, 0.05) is 32.6 Å². The van der Waals surface area contributed by atoms with Crippen LogP contribution in [-0.4, -0.2) is 68.7 Å². The number of carbonyl (C=O) groups excluding carboxylic acids is 1. The fraction of sp³-hybridized carbons (Fsp3) is 0.909. The second-order valence-corrected chi connectivity index (χ2v) is 4.74. The Labute approximate surface area is 105 Å². The summed E-state index contributed by atoms with van der Waals surface area (Å²) in [4.78, 5) is 13.8. The van der Waals surface area contributed by atoms with Gasteiger partial charge in [-0.2, -0.15) is 0 Å². The number of hydrogen-bond donors (Lipinski definition) is 2. The smallest absolute Gasteiger partial charge is 0.262 e. The van der Waals surface area contributed by atoms with Crippen LogP contribution >= 0.6 is 0 Å². The Kier molecular flexibility index (Phi) is 4.47. The number of morpholine rings is 1. The normalized spacial score (nSPS) is 28.2. The Hall–Kier alpha value is -0.790. The van der Waals surface area contributed by atoms with Crippen LogP contribution in [0.15, 0.2) is 0 Å². The number of nitrogens with zero attached hydrogens (tertiary/aromatic N) is 1. The van der Waals surface area contributed by atoms with E-state index in [0.717, 1.165) is 19.6 Å². The van der Waals surface area contributed by atoms with Gasteiger partial charge in [0.25, 0.3) is 5.92 Å². The third kappa shape index (κ3) is 3.86. The van der Waals surface area contributed by atoms with Crippen molar-refractivity contribution in [1.82, 2.24) is 15.5 Å². The van der Waals surface area contributed by atoms with Crippen molar-refractivity contribution in [2.24, 2.45) is 0 Å². The van der Waals surface area contributed by atoms with Crippen LogP contribution in [0.3, 0.4) is 0 Å². The van der Waals surface area contributed by atoms with Crippen LogP contribution in [0, 0.1) is 0 Å². The summed E-state index contributed by atoms with van der Waals surface area (Å²) in [7, 11) is 0. The first-order valence-corrected chi connectivity index (χ1v) is 6.26. The molecular formula is C11H19F2N3O2. The Morgan fingerprint density at radius 1 is 1.44 bits per heavy atom. The quantitative estimate of drug-likeness (QED) is 0.713. The molecule has 104 valence electrons. The monoisotopic (exact) mass is 263 g/mol. The molecular weight excluding hydrogens is 244 g/mol. The van der Waals surface area contributed by atoms with Gasteiger partial charge in [-0.05, 0) is 0 Å². The van der Waals surface area contributed by atoms with Crippen molar-refractivity contribution in [3.05, 3.63) is 0 Å². The van der Waals surface area contributed by atoms with Gasteiger partial charge >= 0.3 is 0 Å². The van der Waals surface area contributed by atoms with Crippen molar-refractivity contribution in [2.45, 2.75) is 18.4 Å². The summed E-state index contributed by atoms with van der Waals surface area (Å²) in [6.07, 6.45) is -0.406. The minimum atomic E-state index is -2.76. The minimum absolute atomic E-state index is 0.333. The highest BCUT2D eigenvalue weighted by Crippen LogP contribution is 2.24. The Bertz CT molecular complexity index is 296. The Balaban J connectivity index is 1.63. The van der Waals surface area contributed by atoms with Crippen molar-refractivity contribution < 1.29 is 18.3 Å². The van der Waals surface area contributed by atoms with Crippen LogP contribution < -0.4 is 10.6 Å². The second-order valence-electron chi connectivity index (χ2n) is 4.74. The first-order chi connectivity index (χ1) is 8.57. The fourth-order valence-corrected chi connectivity index (χ4v) is 2.19. The predicted octanol–water partition coefficient (Wildman–Crippen LogP) is -0.568. The third-order valence-electron chi connectivity index (χ3n) is 3.26. The summed E-state index contributed by atoms with van der Waals surface area (Å²) in [5.74, 6) is -3.09. The van der Waals surface area contributed by atoms with Crippen LogP contribution in [0.1, 0.15) is 6.42 Å². The maximum atomic E-state index is 12.9. The molecule has 0 aromatic carbocycles. The van der Waals surface area contributed by atoms with Crippen LogP contribution in [0.4, 0.5) is 8.78 Å². The number of rotatable bonds is 4. The van der Waals surface area contributed by atoms with E-state index in [2.05, 4.69) is 15.5 Å². The van der Waals surface area contributed by atoms with Gasteiger partial charge in [0.1, 0.15) is 0 Å². The zero-order chi connectivity index (χ0) is 13.0. The molecule has 0 aliphatic carbocycles. The molecule has 1 amide bonds. The molecule has 0 aromatic heterocycles. The summed E-state index contributed by atoms with van der Waals surface area (Å²) in [6.45, 7) is 3.95. The van der Waals surface area contributed by atoms with E-state index in [9.17, 15) is 13.6 Å². The molecule has 5 nitrogen and oxygen atoms in total. The lowest BCUT2D eigenvalue weighted by Crippen LogP contribution is -2.45. The number of alkyl halides is 2. The Morgan fingerprint density at radius 2 is 2.17 bits per heavy atom. The molecule has 2 saturated heterocycles. The summed E-state index contributed by atoms with van der Waals surface area (Å²) < 4.78 is 31.0. The van der Waals surface area contributed by atoms with Crippen molar-refractivity contribution in [3.8, 4) is 0 Å². The Morgan fingerprint density at radius 3 is 2.78 bits per heavy atom. The molecule has 1 unspecified atom stereocenters. The summed E-state index contributed by atoms with van der Waals surface area (Å²) in [5, 5.41) is 5.23. The average Bonchev–Trinajstić information content (AvgIpc) is 2.71. The highest BCUT2D eigenvalue weighted by Gasteiger charge is 2.42. The molecule has 2 rings (SSSR count). The number of hydrogen-bond acceptors (Lipinski definition) is 4. The number of nitrogens with one attached hydrogen (secondary N) is 2. The molecule has 0 spiro atoms. The highest BCUT2D eigenvalue weighted by molar-refractivity contribution is 5.82. The van der Waals surface area contributed by atoms with Crippen molar-refractivity contribution >= 4 is 5.91 Å². The third-order valence-corrected chi connectivity index (χ3v) is 3.26. The van der Waals surface area contributed by atoms with Crippen molar-refractivity contribution in [1.29, 1.82) is 0 Å². The molecule has 2 aliphatic heterocycles. The van der Waals surface area contributed by atoms with Crippen molar-refractivity contribution in [3.63, 3.8) is 0 Å². The number of halogens is 2. The predicted molar refractivity (Wildman–Crippen MR) is 61.6 cm³/mol. The molecule has 0 aromatic rings. The molecule has 18 heavy (non-hydrogen) atoms. The maximum Gasteiger partial charge on any atom is 0.262 e. The average molecular weight is 263 g/mol. The molecule has 2 aliphatic rings. The first kappa shape index (κ1) is 13.6. The zero-order valence-electron chi connectivity index (χ0n) is 10.3.